The number of benzene rings is 2. The van der Waals surface area contributed by atoms with E-state index in [1.54, 1.807) is 24.3 Å². The molecule has 2 amide bonds. The maximum absolute atomic E-state index is 13.7. The zero-order valence-corrected chi connectivity index (χ0v) is 17.6. The van der Waals surface area contributed by atoms with E-state index in [0.29, 0.717) is 31.1 Å². The molecule has 1 fully saturated rings. The van der Waals surface area contributed by atoms with Crippen molar-refractivity contribution >= 4 is 29.3 Å². The zero-order chi connectivity index (χ0) is 24.8. The van der Waals surface area contributed by atoms with Gasteiger partial charge in [-0.1, -0.05) is 0 Å². The maximum Gasteiger partial charge on any atom is 0.249 e. The van der Waals surface area contributed by atoms with Crippen LogP contribution in [-0.2, 0) is 14.3 Å². The second kappa shape index (κ2) is 11.1. The molecule has 3 rings (SSSR count). The molecule has 2 aromatic carbocycles. The number of morpholine rings is 1. The molecule has 1 unspecified atom stereocenters. The number of hydrogen-bond donors (Lipinski definition) is 3. The first-order valence-electron chi connectivity index (χ1n) is 10.1. The van der Waals surface area contributed by atoms with Gasteiger partial charge >= 0.3 is 0 Å². The van der Waals surface area contributed by atoms with Crippen molar-refractivity contribution in [1.29, 1.82) is 0 Å². The highest BCUT2D eigenvalue weighted by Gasteiger charge is 2.25. The zero-order valence-electron chi connectivity index (χ0n) is 17.6. The molecule has 2 aromatic rings. The first-order valence-corrected chi connectivity index (χ1v) is 10.1. The third-order valence-electron chi connectivity index (χ3n) is 4.97. The number of aliphatic hydroxyl groups excluding tert-OH is 1. The summed E-state index contributed by atoms with van der Waals surface area (Å²) >= 11 is 0. The number of halogens is 5. The fraction of sp³-hybridized carbons (Fsp3) is 0.273. The highest BCUT2D eigenvalue weighted by atomic mass is 19.2. The fourth-order valence-corrected chi connectivity index (χ4v) is 3.15. The van der Waals surface area contributed by atoms with E-state index in [9.17, 15) is 36.6 Å². The summed E-state index contributed by atoms with van der Waals surface area (Å²) in [4.78, 5) is 26.5. The van der Waals surface area contributed by atoms with Crippen LogP contribution in [0.4, 0.5) is 33.3 Å². The summed E-state index contributed by atoms with van der Waals surface area (Å²) in [5.74, 6) is -12.8. The number of rotatable bonds is 7. The minimum absolute atomic E-state index is 0.377. The molecule has 1 atom stereocenters. The number of carbonyl (C=O) groups excluding carboxylic acids is 2. The minimum atomic E-state index is -2.33. The Morgan fingerprint density at radius 1 is 0.971 bits per heavy atom. The monoisotopic (exact) mass is 485 g/mol. The second-order valence-electron chi connectivity index (χ2n) is 7.20. The topological polar surface area (TPSA) is 90.9 Å². The summed E-state index contributed by atoms with van der Waals surface area (Å²) in [5, 5.41) is 14.0. The van der Waals surface area contributed by atoms with Gasteiger partial charge < -0.3 is 25.4 Å². The highest BCUT2D eigenvalue weighted by molar-refractivity contribution is 6.00. The van der Waals surface area contributed by atoms with E-state index >= 15 is 0 Å². The standard InChI is InChI=1S/C22H20F5N3O4/c23-17-14(18(24)20(26)21(27)19(17)25)5-6-16(32)29-15(11-31)22(33)28-12-1-3-13(4-2-12)30-7-9-34-10-8-30/h1-6,15,31H,7-11H2,(H,28,33)(H,29,32). The molecule has 7 nitrogen and oxygen atoms in total. The van der Waals surface area contributed by atoms with Crippen LogP contribution in [-0.4, -0.2) is 55.9 Å². The van der Waals surface area contributed by atoms with Gasteiger partial charge in [-0.3, -0.25) is 9.59 Å². The number of amides is 2. The molecule has 0 saturated carbocycles. The summed E-state index contributed by atoms with van der Waals surface area (Å²) in [7, 11) is 0. The van der Waals surface area contributed by atoms with Gasteiger partial charge in [0.25, 0.3) is 0 Å². The molecule has 0 aromatic heterocycles. The third kappa shape index (κ3) is 5.69. The predicted molar refractivity (Wildman–Crippen MR) is 112 cm³/mol. The number of nitrogens with zero attached hydrogens (tertiary/aromatic N) is 1. The number of anilines is 2. The van der Waals surface area contributed by atoms with Gasteiger partial charge in [0.15, 0.2) is 23.3 Å². The van der Waals surface area contributed by atoms with Crippen LogP contribution in [0.25, 0.3) is 6.08 Å². The van der Waals surface area contributed by atoms with Crippen molar-refractivity contribution in [2.24, 2.45) is 0 Å². The minimum Gasteiger partial charge on any atom is -0.394 e. The van der Waals surface area contributed by atoms with Crippen molar-refractivity contribution < 1.29 is 41.4 Å². The Morgan fingerprint density at radius 2 is 1.53 bits per heavy atom. The van der Waals surface area contributed by atoms with Gasteiger partial charge in [-0.15, -0.1) is 0 Å². The smallest absolute Gasteiger partial charge is 0.249 e. The highest BCUT2D eigenvalue weighted by Crippen LogP contribution is 2.24. The van der Waals surface area contributed by atoms with Crippen LogP contribution >= 0.6 is 0 Å². The second-order valence-corrected chi connectivity index (χ2v) is 7.20. The summed E-state index contributed by atoms with van der Waals surface area (Å²) < 4.78 is 72.2. The fourth-order valence-electron chi connectivity index (χ4n) is 3.15. The summed E-state index contributed by atoms with van der Waals surface area (Å²) in [6.45, 7) is 1.84. The van der Waals surface area contributed by atoms with Crippen molar-refractivity contribution in [3.05, 3.63) is 65.0 Å². The van der Waals surface area contributed by atoms with Gasteiger partial charge in [0.2, 0.25) is 17.6 Å². The summed E-state index contributed by atoms with van der Waals surface area (Å²) in [6.07, 6.45) is 0.855. The van der Waals surface area contributed by atoms with E-state index in [0.717, 1.165) is 18.8 Å². The van der Waals surface area contributed by atoms with Crippen molar-refractivity contribution in [3.8, 4) is 0 Å². The third-order valence-corrected chi connectivity index (χ3v) is 4.97. The van der Waals surface area contributed by atoms with Gasteiger partial charge in [-0.25, -0.2) is 22.0 Å². The molecule has 1 saturated heterocycles. The van der Waals surface area contributed by atoms with E-state index in [2.05, 4.69) is 15.5 Å². The van der Waals surface area contributed by atoms with E-state index in [1.807, 2.05) is 0 Å². The van der Waals surface area contributed by atoms with Gasteiger partial charge in [-0.2, -0.15) is 0 Å². The molecule has 1 aliphatic rings. The van der Waals surface area contributed by atoms with E-state index in [4.69, 9.17) is 4.74 Å². The van der Waals surface area contributed by atoms with E-state index in [1.165, 1.54) is 0 Å². The summed E-state index contributed by atoms with van der Waals surface area (Å²) in [5.41, 5.74) is -0.0184. The average molecular weight is 485 g/mol. The molecule has 182 valence electrons. The van der Waals surface area contributed by atoms with Crippen LogP contribution < -0.4 is 15.5 Å². The van der Waals surface area contributed by atoms with Crippen LogP contribution in [0.5, 0.6) is 0 Å². The Kier molecular flexibility index (Phi) is 8.18. The summed E-state index contributed by atoms with van der Waals surface area (Å²) in [6, 6.07) is 5.36. The van der Waals surface area contributed by atoms with Crippen LogP contribution in [0.2, 0.25) is 0 Å². The molecular weight excluding hydrogens is 465 g/mol. The lowest BCUT2D eigenvalue weighted by Crippen LogP contribution is -2.45. The van der Waals surface area contributed by atoms with Crippen molar-refractivity contribution in [2.45, 2.75) is 6.04 Å². The Balaban J connectivity index is 1.62. The number of hydrogen-bond acceptors (Lipinski definition) is 5. The molecule has 0 bridgehead atoms. The van der Waals surface area contributed by atoms with Gasteiger partial charge in [0.1, 0.15) is 6.04 Å². The Labute approximate surface area is 190 Å². The van der Waals surface area contributed by atoms with Crippen molar-refractivity contribution in [1.82, 2.24) is 5.32 Å². The molecule has 12 heteroatoms. The van der Waals surface area contributed by atoms with Crippen molar-refractivity contribution in [3.63, 3.8) is 0 Å². The Bertz CT molecular complexity index is 1060. The lowest BCUT2D eigenvalue weighted by Gasteiger charge is -2.29. The molecule has 1 aliphatic heterocycles. The molecule has 1 heterocycles. The normalized spacial score (nSPS) is 14.8. The SMILES string of the molecule is O=C(C=Cc1c(F)c(F)c(F)c(F)c1F)NC(CO)C(=O)Nc1ccc(N2CCOCC2)cc1. The van der Waals surface area contributed by atoms with Gasteiger partial charge in [0.05, 0.1) is 25.4 Å². The van der Waals surface area contributed by atoms with Crippen LogP contribution in [0, 0.1) is 29.1 Å². The van der Waals surface area contributed by atoms with Gasteiger partial charge in [-0.05, 0) is 30.3 Å². The first-order chi connectivity index (χ1) is 16.2. The molecule has 34 heavy (non-hydrogen) atoms. The molecular formula is C22H20F5N3O4. The average Bonchev–Trinajstić information content (AvgIpc) is 2.85. The molecule has 0 aliphatic carbocycles. The van der Waals surface area contributed by atoms with Crippen LogP contribution in [0.1, 0.15) is 5.56 Å². The number of nitrogens with one attached hydrogen (secondary N) is 2. The van der Waals surface area contributed by atoms with Crippen LogP contribution in [0.15, 0.2) is 30.3 Å². The number of aliphatic hydroxyl groups is 1. The molecule has 0 spiro atoms. The lowest BCUT2D eigenvalue weighted by atomic mass is 10.1. The van der Waals surface area contributed by atoms with E-state index in [-0.39, 0.29) is 0 Å². The Hall–Kier alpha value is -3.51. The first kappa shape index (κ1) is 25.1. The van der Waals surface area contributed by atoms with Crippen molar-refractivity contribution in [2.75, 3.05) is 43.1 Å². The number of ether oxygens (including phenoxy) is 1. The predicted octanol–water partition coefficient (Wildman–Crippen LogP) is 2.35. The largest absolute Gasteiger partial charge is 0.394 e. The molecule has 0 radical (unpaired) electrons. The Morgan fingerprint density at radius 3 is 2.09 bits per heavy atom. The number of carbonyl (C=O) groups is 2. The van der Waals surface area contributed by atoms with Gasteiger partial charge in [0, 0.05) is 30.5 Å². The van der Waals surface area contributed by atoms with E-state index < -0.39 is 59.1 Å². The lowest BCUT2D eigenvalue weighted by molar-refractivity contribution is -0.124. The maximum atomic E-state index is 13.7. The van der Waals surface area contributed by atoms with Crippen LogP contribution in [0.3, 0.4) is 0 Å². The quantitative estimate of drug-likeness (QED) is 0.243. The molecule has 3 N–H and O–H groups in total.